The van der Waals surface area contributed by atoms with Crippen LogP contribution < -0.4 is 15.2 Å². The van der Waals surface area contributed by atoms with E-state index in [0.717, 1.165) is 36.9 Å². The van der Waals surface area contributed by atoms with Gasteiger partial charge in [-0.05, 0) is 30.9 Å². The highest BCUT2D eigenvalue weighted by molar-refractivity contribution is 14.0. The summed E-state index contributed by atoms with van der Waals surface area (Å²) in [5.41, 5.74) is 6.04. The van der Waals surface area contributed by atoms with Gasteiger partial charge in [-0.3, -0.25) is 4.99 Å². The summed E-state index contributed by atoms with van der Waals surface area (Å²) >= 11 is 0. The van der Waals surface area contributed by atoms with Gasteiger partial charge in [0.1, 0.15) is 11.5 Å². The van der Waals surface area contributed by atoms with Crippen LogP contribution in [0.25, 0.3) is 0 Å². The van der Waals surface area contributed by atoms with Crippen molar-refractivity contribution in [1.82, 2.24) is 4.90 Å². The van der Waals surface area contributed by atoms with Gasteiger partial charge in [0.25, 0.3) is 0 Å². The van der Waals surface area contributed by atoms with Crippen LogP contribution in [0.4, 0.5) is 0 Å². The summed E-state index contributed by atoms with van der Waals surface area (Å²) in [4.78, 5) is 6.64. The van der Waals surface area contributed by atoms with E-state index in [0.29, 0.717) is 19.1 Å². The maximum Gasteiger partial charge on any atom is 0.191 e. The molecule has 0 bridgehead atoms. The number of likely N-dealkylation sites (tertiary alicyclic amines) is 1. The predicted molar refractivity (Wildman–Crippen MR) is 105 cm³/mol. The Morgan fingerprint density at radius 3 is 2.70 bits per heavy atom. The number of methoxy groups -OCH3 is 1. The van der Waals surface area contributed by atoms with E-state index in [4.69, 9.17) is 15.2 Å². The van der Waals surface area contributed by atoms with Crippen LogP contribution in [0, 0.1) is 5.92 Å². The maximum atomic E-state index is 6.04. The lowest BCUT2D eigenvalue weighted by atomic mass is 10.00. The number of benzene rings is 1. The van der Waals surface area contributed by atoms with Crippen molar-refractivity contribution in [3.63, 3.8) is 0 Å². The minimum absolute atomic E-state index is 0. The minimum Gasteiger partial charge on any atom is -0.497 e. The number of hydrogen-bond acceptors (Lipinski definition) is 3. The molecule has 1 fully saturated rings. The standard InChI is InChI=1S/C17H27N3O2.HI/c1-14-7-10-20(11-8-14)17(18)19-9-4-12-22-16-6-3-5-15(13-16)21-2;/h3,5-6,13-14H,4,7-12H2,1-2H3,(H2,18,19);1H. The van der Waals surface area contributed by atoms with E-state index in [-0.39, 0.29) is 24.0 Å². The molecule has 5 nitrogen and oxygen atoms in total. The largest absolute Gasteiger partial charge is 0.497 e. The van der Waals surface area contributed by atoms with Crippen molar-refractivity contribution in [1.29, 1.82) is 0 Å². The van der Waals surface area contributed by atoms with Crippen molar-refractivity contribution in [2.75, 3.05) is 33.4 Å². The summed E-state index contributed by atoms with van der Waals surface area (Å²) < 4.78 is 10.9. The zero-order chi connectivity index (χ0) is 15.8. The monoisotopic (exact) mass is 433 g/mol. The van der Waals surface area contributed by atoms with Crippen molar-refractivity contribution in [2.45, 2.75) is 26.2 Å². The van der Waals surface area contributed by atoms with Crippen molar-refractivity contribution in [3.8, 4) is 11.5 Å². The van der Waals surface area contributed by atoms with E-state index >= 15 is 0 Å². The molecule has 1 aromatic carbocycles. The second kappa shape index (κ2) is 10.6. The van der Waals surface area contributed by atoms with Gasteiger partial charge in [0.05, 0.1) is 13.7 Å². The lowest BCUT2D eigenvalue weighted by Gasteiger charge is -2.31. The third-order valence-electron chi connectivity index (χ3n) is 3.99. The zero-order valence-corrected chi connectivity index (χ0v) is 16.4. The number of nitrogens with zero attached hydrogens (tertiary/aromatic N) is 2. The van der Waals surface area contributed by atoms with Crippen molar-refractivity contribution >= 4 is 29.9 Å². The predicted octanol–water partition coefficient (Wildman–Crippen LogP) is 3.13. The third-order valence-corrected chi connectivity index (χ3v) is 3.99. The average molecular weight is 433 g/mol. The van der Waals surface area contributed by atoms with Gasteiger partial charge < -0.3 is 20.1 Å². The molecule has 6 heteroatoms. The first kappa shape index (κ1) is 19.9. The molecule has 0 spiro atoms. The van der Waals surface area contributed by atoms with Crippen LogP contribution in [-0.2, 0) is 0 Å². The molecule has 1 aliphatic rings. The molecule has 23 heavy (non-hydrogen) atoms. The van der Waals surface area contributed by atoms with Gasteiger partial charge in [-0.25, -0.2) is 0 Å². The molecular weight excluding hydrogens is 405 g/mol. The lowest BCUT2D eigenvalue weighted by Crippen LogP contribution is -2.42. The maximum absolute atomic E-state index is 6.04. The molecule has 0 aliphatic carbocycles. The third kappa shape index (κ3) is 6.85. The van der Waals surface area contributed by atoms with E-state index in [1.54, 1.807) is 7.11 Å². The number of piperidine rings is 1. The summed E-state index contributed by atoms with van der Waals surface area (Å²) in [5, 5.41) is 0. The minimum atomic E-state index is 0. The molecule has 0 radical (unpaired) electrons. The van der Waals surface area contributed by atoms with E-state index < -0.39 is 0 Å². The number of ether oxygens (including phenoxy) is 2. The Labute approximate surface area is 156 Å². The SMILES string of the molecule is COc1cccc(OCCCN=C(N)N2CCC(C)CC2)c1.I. The van der Waals surface area contributed by atoms with Crippen LogP contribution in [0.5, 0.6) is 11.5 Å². The van der Waals surface area contributed by atoms with E-state index in [9.17, 15) is 0 Å². The first-order valence-corrected chi connectivity index (χ1v) is 8.00. The molecule has 0 atom stereocenters. The lowest BCUT2D eigenvalue weighted by molar-refractivity contribution is 0.277. The number of nitrogens with two attached hydrogens (primary N) is 1. The summed E-state index contributed by atoms with van der Waals surface area (Å²) in [6.45, 7) is 5.66. The van der Waals surface area contributed by atoms with Crippen LogP contribution in [0.2, 0.25) is 0 Å². The summed E-state index contributed by atoms with van der Waals surface area (Å²) in [6.07, 6.45) is 3.26. The van der Waals surface area contributed by atoms with Crippen LogP contribution in [0.15, 0.2) is 29.3 Å². The highest BCUT2D eigenvalue weighted by Gasteiger charge is 2.16. The highest BCUT2D eigenvalue weighted by Crippen LogP contribution is 2.19. The normalized spacial score (nSPS) is 15.9. The van der Waals surface area contributed by atoms with Crippen LogP contribution >= 0.6 is 24.0 Å². The van der Waals surface area contributed by atoms with Gasteiger partial charge in [0.15, 0.2) is 5.96 Å². The quantitative estimate of drug-likeness (QED) is 0.324. The van der Waals surface area contributed by atoms with Gasteiger partial charge in [0, 0.05) is 32.1 Å². The smallest absolute Gasteiger partial charge is 0.191 e. The molecule has 130 valence electrons. The molecule has 2 rings (SSSR count). The first-order valence-electron chi connectivity index (χ1n) is 8.00. The van der Waals surface area contributed by atoms with Crippen molar-refractivity contribution in [2.24, 2.45) is 16.6 Å². The van der Waals surface area contributed by atoms with Crippen LogP contribution in [0.1, 0.15) is 26.2 Å². The number of guanidine groups is 1. The summed E-state index contributed by atoms with van der Waals surface area (Å²) in [6, 6.07) is 7.63. The topological polar surface area (TPSA) is 60.1 Å². The zero-order valence-electron chi connectivity index (χ0n) is 14.0. The molecule has 1 saturated heterocycles. The van der Waals surface area contributed by atoms with E-state index in [1.165, 1.54) is 12.8 Å². The fourth-order valence-electron chi connectivity index (χ4n) is 2.48. The Balaban J connectivity index is 0.00000264. The van der Waals surface area contributed by atoms with Gasteiger partial charge in [-0.2, -0.15) is 0 Å². The average Bonchev–Trinajstić information content (AvgIpc) is 2.55. The molecule has 1 aliphatic heterocycles. The van der Waals surface area contributed by atoms with E-state index in [2.05, 4.69) is 16.8 Å². The second-order valence-corrected chi connectivity index (χ2v) is 5.79. The van der Waals surface area contributed by atoms with Crippen LogP contribution in [0.3, 0.4) is 0 Å². The van der Waals surface area contributed by atoms with Gasteiger partial charge in [-0.1, -0.05) is 13.0 Å². The Hall–Kier alpha value is -1.18. The first-order chi connectivity index (χ1) is 10.7. The van der Waals surface area contributed by atoms with Crippen molar-refractivity contribution in [3.05, 3.63) is 24.3 Å². The van der Waals surface area contributed by atoms with Crippen molar-refractivity contribution < 1.29 is 9.47 Å². The number of aliphatic imine (C=N–C) groups is 1. The van der Waals surface area contributed by atoms with E-state index in [1.807, 2.05) is 24.3 Å². The molecule has 1 aromatic rings. The Morgan fingerprint density at radius 2 is 2.00 bits per heavy atom. The number of rotatable bonds is 6. The number of halogens is 1. The Morgan fingerprint density at radius 1 is 1.30 bits per heavy atom. The molecule has 0 saturated carbocycles. The number of hydrogen-bond donors (Lipinski definition) is 1. The van der Waals surface area contributed by atoms with Gasteiger partial charge in [0.2, 0.25) is 0 Å². The molecule has 2 N–H and O–H groups in total. The Kier molecular flexibility index (Phi) is 9.13. The highest BCUT2D eigenvalue weighted by atomic mass is 127. The molecule has 0 aromatic heterocycles. The fourth-order valence-corrected chi connectivity index (χ4v) is 2.48. The fraction of sp³-hybridized carbons (Fsp3) is 0.588. The van der Waals surface area contributed by atoms with Crippen LogP contribution in [-0.4, -0.2) is 44.2 Å². The second-order valence-electron chi connectivity index (χ2n) is 5.79. The molecule has 0 unspecified atom stereocenters. The summed E-state index contributed by atoms with van der Waals surface area (Å²) in [7, 11) is 1.65. The summed E-state index contributed by atoms with van der Waals surface area (Å²) in [5.74, 6) is 3.11. The molecule has 1 heterocycles. The van der Waals surface area contributed by atoms with Gasteiger partial charge in [-0.15, -0.1) is 24.0 Å². The van der Waals surface area contributed by atoms with Gasteiger partial charge >= 0.3 is 0 Å². The molecular formula is C17H28IN3O2. The Bertz CT molecular complexity index is 488. The molecule has 0 amide bonds.